The van der Waals surface area contributed by atoms with Crippen LogP contribution in [0.5, 0.6) is 0 Å². The molecule has 16 heavy (non-hydrogen) atoms. The van der Waals surface area contributed by atoms with Gasteiger partial charge in [0, 0.05) is 13.1 Å². The van der Waals surface area contributed by atoms with E-state index in [2.05, 4.69) is 6.92 Å². The molecule has 92 valence electrons. The predicted molar refractivity (Wildman–Crippen MR) is 60.8 cm³/mol. The molecule has 0 saturated carbocycles. The Morgan fingerprint density at radius 1 is 1.19 bits per heavy atom. The molecule has 1 aliphatic heterocycles. The highest BCUT2D eigenvalue weighted by atomic mass is 16.6. The molecule has 0 atom stereocenters. The minimum Gasteiger partial charge on any atom is -0.453 e. The molecule has 0 N–H and O–H groups in total. The molecule has 0 aromatic carbocycles. The maximum absolute atomic E-state index is 11.7. The smallest absolute Gasteiger partial charge is 0.397 e. The quantitative estimate of drug-likeness (QED) is 0.466. The van der Waals surface area contributed by atoms with Gasteiger partial charge in [0.25, 0.3) is 0 Å². The fraction of sp³-hybridized carbons (Fsp3) is 0.833. The van der Waals surface area contributed by atoms with Gasteiger partial charge in [-0.15, -0.1) is 0 Å². The lowest BCUT2D eigenvalue weighted by molar-refractivity contribution is -0.168. The minimum atomic E-state index is -0.734. The number of piperidine rings is 1. The standard InChI is InChI=1S/C12H21NO3/c1-9-5-7-13(8-6-9)10(14)11(15)16-12(2,3)4/h9H,5-8H2,1-4H3. The largest absolute Gasteiger partial charge is 0.453 e. The van der Waals surface area contributed by atoms with Gasteiger partial charge in [0.15, 0.2) is 0 Å². The van der Waals surface area contributed by atoms with Gasteiger partial charge in [0.1, 0.15) is 5.60 Å². The number of carbonyl (C=O) groups is 2. The Morgan fingerprint density at radius 2 is 1.69 bits per heavy atom. The maximum Gasteiger partial charge on any atom is 0.397 e. The second-order valence-corrected chi connectivity index (χ2v) is 5.48. The van der Waals surface area contributed by atoms with Gasteiger partial charge < -0.3 is 9.64 Å². The van der Waals surface area contributed by atoms with Gasteiger partial charge in [-0.3, -0.25) is 4.79 Å². The topological polar surface area (TPSA) is 46.6 Å². The first-order chi connectivity index (χ1) is 7.29. The van der Waals surface area contributed by atoms with E-state index in [1.54, 1.807) is 25.7 Å². The molecule has 1 saturated heterocycles. The number of ether oxygens (including phenoxy) is 1. The second kappa shape index (κ2) is 4.85. The summed E-state index contributed by atoms with van der Waals surface area (Å²) in [5.74, 6) is -0.591. The number of carbonyl (C=O) groups excluding carboxylic acids is 2. The molecule has 1 amide bonds. The molecule has 1 rings (SSSR count). The molecular weight excluding hydrogens is 206 g/mol. The first kappa shape index (κ1) is 13.0. The van der Waals surface area contributed by atoms with Crippen molar-refractivity contribution in [2.24, 2.45) is 5.92 Å². The van der Waals surface area contributed by atoms with Crippen molar-refractivity contribution < 1.29 is 14.3 Å². The Morgan fingerprint density at radius 3 is 2.12 bits per heavy atom. The summed E-state index contributed by atoms with van der Waals surface area (Å²) in [5.41, 5.74) is -0.601. The highest BCUT2D eigenvalue weighted by molar-refractivity contribution is 6.32. The van der Waals surface area contributed by atoms with Crippen LogP contribution < -0.4 is 0 Å². The van der Waals surface area contributed by atoms with Crippen LogP contribution in [-0.2, 0) is 14.3 Å². The summed E-state index contributed by atoms with van der Waals surface area (Å²) in [5, 5.41) is 0. The summed E-state index contributed by atoms with van der Waals surface area (Å²) in [4.78, 5) is 24.9. The van der Waals surface area contributed by atoms with E-state index in [9.17, 15) is 9.59 Å². The molecule has 0 spiro atoms. The molecule has 0 bridgehead atoms. The number of rotatable bonds is 0. The summed E-state index contributed by atoms with van der Waals surface area (Å²) in [6.45, 7) is 8.77. The lowest BCUT2D eigenvalue weighted by atomic mass is 9.99. The first-order valence-corrected chi connectivity index (χ1v) is 5.82. The second-order valence-electron chi connectivity index (χ2n) is 5.48. The summed E-state index contributed by atoms with van der Waals surface area (Å²) in [7, 11) is 0. The average Bonchev–Trinajstić information content (AvgIpc) is 2.15. The van der Waals surface area contributed by atoms with E-state index >= 15 is 0 Å². The number of hydrogen-bond acceptors (Lipinski definition) is 3. The highest BCUT2D eigenvalue weighted by Crippen LogP contribution is 2.17. The predicted octanol–water partition coefficient (Wildman–Crippen LogP) is 1.59. The Labute approximate surface area is 96.9 Å². The van der Waals surface area contributed by atoms with Gasteiger partial charge in [-0.25, -0.2) is 4.79 Å². The summed E-state index contributed by atoms with van der Waals surface area (Å²) in [6, 6.07) is 0. The van der Waals surface area contributed by atoms with E-state index in [1.165, 1.54) is 0 Å². The molecule has 1 fully saturated rings. The zero-order valence-electron chi connectivity index (χ0n) is 10.6. The molecule has 0 aromatic rings. The SMILES string of the molecule is CC1CCN(C(=O)C(=O)OC(C)(C)C)CC1. The number of hydrogen-bond donors (Lipinski definition) is 0. The summed E-state index contributed by atoms with van der Waals surface area (Å²) >= 11 is 0. The van der Waals surface area contributed by atoms with E-state index in [0.29, 0.717) is 19.0 Å². The zero-order valence-corrected chi connectivity index (χ0v) is 10.6. The molecule has 1 aliphatic rings. The normalized spacial score (nSPS) is 18.4. The Kier molecular flexibility index (Phi) is 3.94. The van der Waals surface area contributed by atoms with Crippen molar-refractivity contribution in [2.75, 3.05) is 13.1 Å². The maximum atomic E-state index is 11.7. The van der Waals surface area contributed by atoms with Gasteiger partial charge in [0.2, 0.25) is 0 Å². The van der Waals surface area contributed by atoms with Gasteiger partial charge in [0.05, 0.1) is 0 Å². The minimum absolute atomic E-state index is 0.498. The van der Waals surface area contributed by atoms with Crippen LogP contribution in [-0.4, -0.2) is 35.5 Å². The van der Waals surface area contributed by atoms with Crippen LogP contribution in [0.15, 0.2) is 0 Å². The summed E-state index contributed by atoms with van der Waals surface area (Å²) < 4.78 is 5.05. The van der Waals surface area contributed by atoms with Crippen molar-refractivity contribution in [3.05, 3.63) is 0 Å². The van der Waals surface area contributed by atoms with Crippen molar-refractivity contribution in [3.8, 4) is 0 Å². The van der Waals surface area contributed by atoms with E-state index in [4.69, 9.17) is 4.74 Å². The van der Waals surface area contributed by atoms with Crippen LogP contribution in [0.2, 0.25) is 0 Å². The lowest BCUT2D eigenvalue weighted by Gasteiger charge is -2.30. The Hall–Kier alpha value is -1.06. The van der Waals surface area contributed by atoms with Gasteiger partial charge in [-0.05, 0) is 39.5 Å². The molecule has 0 radical (unpaired) electrons. The molecular formula is C12H21NO3. The van der Waals surface area contributed by atoms with Crippen molar-refractivity contribution in [1.82, 2.24) is 4.90 Å². The van der Waals surface area contributed by atoms with Crippen LogP contribution in [0.3, 0.4) is 0 Å². The first-order valence-electron chi connectivity index (χ1n) is 5.82. The number of nitrogens with zero attached hydrogens (tertiary/aromatic N) is 1. The third-order valence-corrected chi connectivity index (χ3v) is 2.64. The van der Waals surface area contributed by atoms with Crippen LogP contribution >= 0.6 is 0 Å². The zero-order chi connectivity index (χ0) is 12.3. The highest BCUT2D eigenvalue weighted by Gasteiger charge is 2.29. The van der Waals surface area contributed by atoms with Gasteiger partial charge in [-0.2, -0.15) is 0 Å². The van der Waals surface area contributed by atoms with Crippen LogP contribution in [0.1, 0.15) is 40.5 Å². The van der Waals surface area contributed by atoms with Crippen LogP contribution in [0.4, 0.5) is 0 Å². The van der Waals surface area contributed by atoms with Crippen molar-refractivity contribution in [2.45, 2.75) is 46.1 Å². The van der Waals surface area contributed by atoms with Crippen molar-refractivity contribution in [1.29, 1.82) is 0 Å². The fourth-order valence-corrected chi connectivity index (χ4v) is 1.66. The Bertz CT molecular complexity index is 272. The number of amides is 1. The fourth-order valence-electron chi connectivity index (χ4n) is 1.66. The van der Waals surface area contributed by atoms with Crippen molar-refractivity contribution >= 4 is 11.9 Å². The van der Waals surface area contributed by atoms with Crippen LogP contribution in [0.25, 0.3) is 0 Å². The summed E-state index contributed by atoms with van der Waals surface area (Å²) in [6.07, 6.45) is 1.93. The number of esters is 1. The third kappa shape index (κ3) is 3.83. The van der Waals surface area contributed by atoms with E-state index in [-0.39, 0.29) is 0 Å². The average molecular weight is 227 g/mol. The molecule has 0 unspecified atom stereocenters. The third-order valence-electron chi connectivity index (χ3n) is 2.64. The molecule has 0 aliphatic carbocycles. The molecule has 4 heteroatoms. The number of likely N-dealkylation sites (tertiary alicyclic amines) is 1. The van der Waals surface area contributed by atoms with Gasteiger partial charge >= 0.3 is 11.9 Å². The van der Waals surface area contributed by atoms with E-state index in [1.807, 2.05) is 0 Å². The monoisotopic (exact) mass is 227 g/mol. The Balaban J connectivity index is 2.48. The van der Waals surface area contributed by atoms with Crippen molar-refractivity contribution in [3.63, 3.8) is 0 Å². The lowest BCUT2D eigenvalue weighted by Crippen LogP contribution is -2.44. The van der Waals surface area contributed by atoms with Gasteiger partial charge in [-0.1, -0.05) is 6.92 Å². The molecule has 0 aromatic heterocycles. The van der Waals surface area contributed by atoms with E-state index < -0.39 is 17.5 Å². The van der Waals surface area contributed by atoms with E-state index in [0.717, 1.165) is 12.8 Å². The van der Waals surface area contributed by atoms with Crippen LogP contribution in [0, 0.1) is 5.92 Å². The molecule has 4 nitrogen and oxygen atoms in total. The molecule has 1 heterocycles.